The fraction of sp³-hybridized carbons (Fsp3) is 0.409. The van der Waals surface area contributed by atoms with E-state index in [0.717, 1.165) is 29.8 Å². The highest BCUT2D eigenvalue weighted by atomic mass is 32.1. The van der Waals surface area contributed by atoms with E-state index in [9.17, 15) is 4.39 Å². The van der Waals surface area contributed by atoms with Crippen molar-refractivity contribution in [2.45, 2.75) is 40.2 Å². The van der Waals surface area contributed by atoms with Crippen molar-refractivity contribution in [3.05, 3.63) is 63.6 Å². The average molecular weight is 386 g/mol. The van der Waals surface area contributed by atoms with Crippen LogP contribution in [0.25, 0.3) is 11.1 Å². The summed E-state index contributed by atoms with van der Waals surface area (Å²) in [6.07, 6.45) is 5.45. The highest BCUT2D eigenvalue weighted by molar-refractivity contribution is 7.10. The van der Waals surface area contributed by atoms with Gasteiger partial charge in [0.05, 0.1) is 18.5 Å². The minimum Gasteiger partial charge on any atom is -0.384 e. The molecule has 0 atom stereocenters. The molecule has 3 nitrogen and oxygen atoms in total. The Hall–Kier alpha value is -1.98. The zero-order valence-electron chi connectivity index (χ0n) is 16.4. The van der Waals surface area contributed by atoms with Crippen molar-refractivity contribution in [3.63, 3.8) is 0 Å². The summed E-state index contributed by atoms with van der Waals surface area (Å²) < 4.78 is 22.0. The summed E-state index contributed by atoms with van der Waals surface area (Å²) in [5.74, 6) is 1.26. The van der Waals surface area contributed by atoms with Crippen LogP contribution in [0.1, 0.15) is 35.7 Å². The normalized spacial score (nSPS) is 11.5. The lowest BCUT2D eigenvalue weighted by Crippen LogP contribution is -2.03. The number of ether oxygens (including phenoxy) is 1. The predicted molar refractivity (Wildman–Crippen MR) is 109 cm³/mol. The maximum absolute atomic E-state index is 14.8. The number of aromatic nitrogens is 2. The van der Waals surface area contributed by atoms with Crippen LogP contribution in [0.4, 0.5) is 4.39 Å². The Morgan fingerprint density at radius 2 is 2.15 bits per heavy atom. The molecule has 0 saturated heterocycles. The Morgan fingerprint density at radius 3 is 2.78 bits per heavy atom. The summed E-state index contributed by atoms with van der Waals surface area (Å²) in [4.78, 5) is 5.53. The second kappa shape index (κ2) is 8.81. The molecule has 143 valence electrons. The van der Waals surface area contributed by atoms with Crippen molar-refractivity contribution in [2.24, 2.45) is 5.92 Å². The Balaban J connectivity index is 1.90. The third-order valence-electron chi connectivity index (χ3n) is 4.67. The van der Waals surface area contributed by atoms with Crippen molar-refractivity contribution >= 4 is 11.3 Å². The molecule has 0 unspecified atom stereocenters. The zero-order valence-corrected chi connectivity index (χ0v) is 17.2. The second-order valence-electron chi connectivity index (χ2n) is 7.23. The van der Waals surface area contributed by atoms with Crippen molar-refractivity contribution < 1.29 is 9.13 Å². The number of rotatable bonds is 8. The zero-order chi connectivity index (χ0) is 19.4. The van der Waals surface area contributed by atoms with Crippen molar-refractivity contribution in [3.8, 4) is 11.1 Å². The molecule has 2 aromatic heterocycles. The first-order valence-corrected chi connectivity index (χ1v) is 10.1. The van der Waals surface area contributed by atoms with Gasteiger partial charge < -0.3 is 9.30 Å². The van der Waals surface area contributed by atoms with Gasteiger partial charge in [-0.1, -0.05) is 26.0 Å². The molecule has 1 aromatic carbocycles. The molecule has 0 fully saturated rings. The van der Waals surface area contributed by atoms with Gasteiger partial charge in [-0.15, -0.1) is 11.3 Å². The fourth-order valence-corrected chi connectivity index (χ4v) is 4.41. The number of methoxy groups -OCH3 is 1. The maximum Gasteiger partial charge on any atom is 0.128 e. The first kappa shape index (κ1) is 19.8. The largest absolute Gasteiger partial charge is 0.384 e. The van der Waals surface area contributed by atoms with Gasteiger partial charge in [-0.3, -0.25) is 0 Å². The molecule has 3 rings (SSSR count). The quantitative estimate of drug-likeness (QED) is 0.526. The molecule has 3 aromatic rings. The Labute approximate surface area is 164 Å². The number of hydrogen-bond acceptors (Lipinski definition) is 3. The topological polar surface area (TPSA) is 27.1 Å². The summed E-state index contributed by atoms with van der Waals surface area (Å²) in [5.41, 5.74) is 3.80. The molecule has 0 N–H and O–H groups in total. The third kappa shape index (κ3) is 4.66. The second-order valence-corrected chi connectivity index (χ2v) is 8.13. The van der Waals surface area contributed by atoms with Crippen LogP contribution < -0.4 is 0 Å². The molecule has 0 aliphatic rings. The van der Waals surface area contributed by atoms with E-state index in [1.54, 1.807) is 30.7 Å². The molecule has 0 amide bonds. The van der Waals surface area contributed by atoms with Gasteiger partial charge in [0.2, 0.25) is 0 Å². The van der Waals surface area contributed by atoms with E-state index in [0.29, 0.717) is 24.6 Å². The minimum absolute atomic E-state index is 0.191. The molecule has 1 radical (unpaired) electrons. The predicted octanol–water partition coefficient (Wildman–Crippen LogP) is 5.30. The number of aryl methyl sites for hydroxylation is 1. The van der Waals surface area contributed by atoms with Gasteiger partial charge in [-0.2, -0.15) is 0 Å². The van der Waals surface area contributed by atoms with Crippen LogP contribution in [0.3, 0.4) is 0 Å². The van der Waals surface area contributed by atoms with Crippen LogP contribution in [0, 0.1) is 24.0 Å². The SMILES string of the molecule is COCCc1c(-c2ccc(Cn3ccnc3C)c(F)c2)[c]sc1CC(C)C. The number of hydrogen-bond donors (Lipinski definition) is 0. The first-order valence-electron chi connectivity index (χ1n) is 9.27. The molecular weight excluding hydrogens is 359 g/mol. The van der Waals surface area contributed by atoms with Crippen LogP contribution in [0.15, 0.2) is 30.6 Å². The smallest absolute Gasteiger partial charge is 0.128 e. The van der Waals surface area contributed by atoms with E-state index in [4.69, 9.17) is 4.74 Å². The Kier molecular flexibility index (Phi) is 6.45. The number of thiophene rings is 1. The molecule has 0 saturated carbocycles. The summed E-state index contributed by atoms with van der Waals surface area (Å²) in [7, 11) is 1.71. The van der Waals surface area contributed by atoms with Crippen LogP contribution in [-0.4, -0.2) is 23.3 Å². The molecular formula is C22H26FN2OS. The molecule has 0 aliphatic carbocycles. The van der Waals surface area contributed by atoms with Gasteiger partial charge in [0, 0.05) is 35.5 Å². The molecule has 2 heterocycles. The Morgan fingerprint density at radius 1 is 1.33 bits per heavy atom. The van der Waals surface area contributed by atoms with E-state index in [1.165, 1.54) is 10.4 Å². The van der Waals surface area contributed by atoms with Gasteiger partial charge in [0.25, 0.3) is 0 Å². The molecule has 27 heavy (non-hydrogen) atoms. The van der Waals surface area contributed by atoms with Gasteiger partial charge in [-0.25, -0.2) is 9.37 Å². The van der Waals surface area contributed by atoms with Crippen molar-refractivity contribution in [1.29, 1.82) is 0 Å². The summed E-state index contributed by atoms with van der Waals surface area (Å²) >= 11 is 1.65. The minimum atomic E-state index is -0.191. The number of nitrogens with zero attached hydrogens (tertiary/aromatic N) is 2. The maximum atomic E-state index is 14.8. The van der Waals surface area contributed by atoms with E-state index in [1.807, 2.05) is 29.8 Å². The first-order chi connectivity index (χ1) is 13.0. The van der Waals surface area contributed by atoms with E-state index >= 15 is 0 Å². The lowest BCUT2D eigenvalue weighted by Gasteiger charge is -2.11. The van der Waals surface area contributed by atoms with Crippen molar-refractivity contribution in [1.82, 2.24) is 9.55 Å². The average Bonchev–Trinajstić information content (AvgIpc) is 3.21. The number of imidazole rings is 1. The van der Waals surface area contributed by atoms with Crippen LogP contribution in [0.5, 0.6) is 0 Å². The van der Waals surface area contributed by atoms with Crippen LogP contribution in [-0.2, 0) is 24.1 Å². The van der Waals surface area contributed by atoms with Gasteiger partial charge >= 0.3 is 0 Å². The highest BCUT2D eigenvalue weighted by Gasteiger charge is 2.16. The molecule has 0 bridgehead atoms. The molecule has 0 spiro atoms. The summed E-state index contributed by atoms with van der Waals surface area (Å²) in [5, 5.41) is 3.41. The standard InChI is InChI=1S/C22H26FN2OS/c1-15(2)11-22-19(7-10-26-4)20(14-27-22)17-5-6-18(21(23)12-17)13-25-9-8-24-16(25)3/h5-6,8-9,12,15H,7,10-11,13H2,1-4H3. The van der Waals surface area contributed by atoms with Crippen LogP contribution >= 0.6 is 11.3 Å². The van der Waals surface area contributed by atoms with Gasteiger partial charge in [-0.05, 0) is 42.9 Å². The van der Waals surface area contributed by atoms with Gasteiger partial charge in [0.1, 0.15) is 11.6 Å². The fourth-order valence-electron chi connectivity index (χ4n) is 3.20. The monoisotopic (exact) mass is 385 g/mol. The molecule has 0 aliphatic heterocycles. The lowest BCUT2D eigenvalue weighted by molar-refractivity contribution is 0.202. The summed E-state index contributed by atoms with van der Waals surface area (Å²) in [6.45, 7) is 7.49. The van der Waals surface area contributed by atoms with Crippen LogP contribution in [0.2, 0.25) is 0 Å². The Bertz CT molecular complexity index is 898. The highest BCUT2D eigenvalue weighted by Crippen LogP contribution is 2.34. The van der Waals surface area contributed by atoms with E-state index in [2.05, 4.69) is 24.2 Å². The third-order valence-corrected chi connectivity index (χ3v) is 5.64. The number of benzene rings is 1. The van der Waals surface area contributed by atoms with Gasteiger partial charge in [0.15, 0.2) is 0 Å². The number of halogens is 1. The lowest BCUT2D eigenvalue weighted by atomic mass is 9.96. The van der Waals surface area contributed by atoms with E-state index in [-0.39, 0.29) is 5.82 Å². The van der Waals surface area contributed by atoms with E-state index < -0.39 is 0 Å². The molecule has 5 heteroatoms. The summed E-state index contributed by atoms with van der Waals surface area (Å²) in [6, 6.07) is 5.51. The van der Waals surface area contributed by atoms with Crippen molar-refractivity contribution in [2.75, 3.05) is 13.7 Å².